The molecule has 0 aromatic heterocycles. The van der Waals surface area contributed by atoms with E-state index in [-0.39, 0.29) is 11.6 Å². The highest BCUT2D eigenvalue weighted by atomic mass is 32.2. The first-order valence-electron chi connectivity index (χ1n) is 6.37. The summed E-state index contributed by atoms with van der Waals surface area (Å²) < 4.78 is 13.4. The molecule has 1 aliphatic carbocycles. The highest BCUT2D eigenvalue weighted by Crippen LogP contribution is 2.24. The average molecular weight is 264 g/mol. The van der Waals surface area contributed by atoms with Crippen molar-refractivity contribution in [2.45, 2.75) is 37.0 Å². The van der Waals surface area contributed by atoms with Gasteiger partial charge in [0.15, 0.2) is 5.78 Å². The third-order valence-corrected chi connectivity index (χ3v) is 4.14. The Balaban J connectivity index is 1.92. The molecule has 1 aromatic rings. The zero-order valence-corrected chi connectivity index (χ0v) is 11.1. The van der Waals surface area contributed by atoms with Gasteiger partial charge in [0.2, 0.25) is 0 Å². The zero-order chi connectivity index (χ0) is 12.8. The Labute approximate surface area is 111 Å². The minimum atomic E-state index is -0.245. The molecule has 0 spiro atoms. The molecule has 0 radical (unpaired) electrons. The van der Waals surface area contributed by atoms with Crippen LogP contribution in [-0.2, 0) is 4.79 Å². The van der Waals surface area contributed by atoms with Gasteiger partial charge in [0, 0.05) is 4.90 Å². The Bertz CT molecular complexity index is 454. The Morgan fingerprint density at radius 1 is 1.22 bits per heavy atom. The lowest BCUT2D eigenvalue weighted by Crippen LogP contribution is -2.05. The fourth-order valence-electron chi connectivity index (χ4n) is 2.07. The first kappa shape index (κ1) is 13.3. The van der Waals surface area contributed by atoms with Crippen molar-refractivity contribution in [2.24, 2.45) is 0 Å². The minimum Gasteiger partial charge on any atom is -0.294 e. The largest absolute Gasteiger partial charge is 0.294 e. The van der Waals surface area contributed by atoms with Crippen molar-refractivity contribution in [3.05, 3.63) is 41.7 Å². The van der Waals surface area contributed by atoms with E-state index in [2.05, 4.69) is 6.08 Å². The van der Waals surface area contributed by atoms with Crippen molar-refractivity contribution in [3.8, 4) is 0 Å². The van der Waals surface area contributed by atoms with Gasteiger partial charge >= 0.3 is 0 Å². The van der Waals surface area contributed by atoms with Gasteiger partial charge in [0.1, 0.15) is 5.82 Å². The van der Waals surface area contributed by atoms with Gasteiger partial charge in [0.05, 0.1) is 5.75 Å². The van der Waals surface area contributed by atoms with Crippen molar-refractivity contribution in [1.82, 2.24) is 0 Å². The van der Waals surface area contributed by atoms with E-state index in [1.54, 1.807) is 18.2 Å². The van der Waals surface area contributed by atoms with E-state index in [1.807, 2.05) is 0 Å². The molecule has 0 unspecified atom stereocenters. The third kappa shape index (κ3) is 3.70. The Morgan fingerprint density at radius 2 is 2.06 bits per heavy atom. The van der Waals surface area contributed by atoms with Crippen LogP contribution in [0.3, 0.4) is 0 Å². The highest BCUT2D eigenvalue weighted by molar-refractivity contribution is 8.00. The molecule has 0 saturated carbocycles. The van der Waals surface area contributed by atoms with E-state index >= 15 is 0 Å². The second-order valence-corrected chi connectivity index (χ2v) is 5.49. The van der Waals surface area contributed by atoms with Crippen LogP contribution in [0.5, 0.6) is 0 Å². The van der Waals surface area contributed by atoms with E-state index in [0.717, 1.165) is 24.8 Å². The molecular formula is C15H17FOS. The monoisotopic (exact) mass is 264 g/mol. The number of Topliss-reactive ketones (excluding diaryl/α,β-unsaturated/α-hetero) is 1. The summed E-state index contributed by atoms with van der Waals surface area (Å²) in [6.07, 6.45) is 7.44. The smallest absolute Gasteiger partial charge is 0.168 e. The molecule has 3 heteroatoms. The number of carbonyl (C=O) groups excluding carboxylic acids is 1. The molecule has 0 bridgehead atoms. The van der Waals surface area contributed by atoms with Crippen LogP contribution in [0.4, 0.5) is 4.39 Å². The van der Waals surface area contributed by atoms with Gasteiger partial charge in [-0.05, 0) is 43.4 Å². The van der Waals surface area contributed by atoms with Crippen LogP contribution in [0.25, 0.3) is 0 Å². The summed E-state index contributed by atoms with van der Waals surface area (Å²) in [5, 5.41) is 0. The maximum Gasteiger partial charge on any atom is 0.168 e. The molecule has 0 N–H and O–H groups in total. The number of thioether (sulfide) groups is 1. The number of rotatable bonds is 4. The molecule has 0 fully saturated rings. The number of hydrogen-bond acceptors (Lipinski definition) is 2. The molecule has 1 aromatic carbocycles. The number of ketones is 1. The lowest BCUT2D eigenvalue weighted by molar-refractivity contribution is -0.113. The van der Waals surface area contributed by atoms with Crippen LogP contribution in [0.2, 0.25) is 0 Å². The van der Waals surface area contributed by atoms with E-state index < -0.39 is 0 Å². The molecule has 0 heterocycles. The maximum absolute atomic E-state index is 13.4. The normalized spacial score (nSPS) is 15.9. The maximum atomic E-state index is 13.4. The predicted octanol–water partition coefficient (Wildman–Crippen LogP) is 4.38. The average Bonchev–Trinajstić information content (AvgIpc) is 2.66. The molecule has 0 aliphatic heterocycles. The number of allylic oxidation sites excluding steroid dienone is 2. The van der Waals surface area contributed by atoms with E-state index in [1.165, 1.54) is 30.7 Å². The van der Waals surface area contributed by atoms with Crippen LogP contribution in [0, 0.1) is 5.82 Å². The fourth-order valence-corrected chi connectivity index (χ4v) is 2.92. The van der Waals surface area contributed by atoms with Crippen molar-refractivity contribution in [3.63, 3.8) is 0 Å². The van der Waals surface area contributed by atoms with Gasteiger partial charge in [0.25, 0.3) is 0 Å². The zero-order valence-electron chi connectivity index (χ0n) is 10.3. The van der Waals surface area contributed by atoms with Gasteiger partial charge in [-0.1, -0.05) is 24.6 Å². The topological polar surface area (TPSA) is 17.1 Å². The van der Waals surface area contributed by atoms with Crippen LogP contribution in [0.15, 0.2) is 40.8 Å². The minimum absolute atomic E-state index is 0.158. The first-order valence-corrected chi connectivity index (χ1v) is 7.35. The summed E-state index contributed by atoms with van der Waals surface area (Å²) >= 11 is 1.29. The summed E-state index contributed by atoms with van der Waals surface area (Å²) in [5.41, 5.74) is 0.941. The van der Waals surface area contributed by atoms with Crippen molar-refractivity contribution >= 4 is 17.5 Å². The number of benzene rings is 1. The van der Waals surface area contributed by atoms with Gasteiger partial charge in [-0.3, -0.25) is 4.79 Å². The number of hydrogen-bond donors (Lipinski definition) is 0. The van der Waals surface area contributed by atoms with Crippen molar-refractivity contribution in [2.75, 3.05) is 5.75 Å². The molecule has 1 nitrogen and oxygen atoms in total. The summed E-state index contributed by atoms with van der Waals surface area (Å²) in [5.74, 6) is 0.252. The predicted molar refractivity (Wildman–Crippen MR) is 73.3 cm³/mol. The molecule has 2 rings (SSSR count). The summed E-state index contributed by atoms with van der Waals surface area (Å²) in [6, 6.07) is 6.60. The second-order valence-electron chi connectivity index (χ2n) is 4.47. The molecule has 96 valence electrons. The van der Waals surface area contributed by atoms with Gasteiger partial charge in [-0.2, -0.15) is 0 Å². The molecule has 1 aliphatic rings. The third-order valence-electron chi connectivity index (χ3n) is 3.09. The summed E-state index contributed by atoms with van der Waals surface area (Å²) in [6.45, 7) is 0. The summed E-state index contributed by atoms with van der Waals surface area (Å²) in [4.78, 5) is 12.6. The van der Waals surface area contributed by atoms with Crippen LogP contribution >= 0.6 is 11.8 Å². The lowest BCUT2D eigenvalue weighted by atomic mass is 10.1. The Kier molecular flexibility index (Phi) is 5.00. The molecular weight excluding hydrogens is 247 g/mol. The second kappa shape index (κ2) is 6.74. The van der Waals surface area contributed by atoms with Crippen LogP contribution < -0.4 is 0 Å². The van der Waals surface area contributed by atoms with E-state index in [9.17, 15) is 9.18 Å². The van der Waals surface area contributed by atoms with Crippen LogP contribution in [0.1, 0.15) is 32.1 Å². The van der Waals surface area contributed by atoms with E-state index in [0.29, 0.717) is 10.6 Å². The summed E-state index contributed by atoms with van der Waals surface area (Å²) in [7, 11) is 0. The first-order chi connectivity index (χ1) is 8.77. The van der Waals surface area contributed by atoms with Gasteiger partial charge in [-0.25, -0.2) is 4.39 Å². The standard InChI is InChI=1S/C15H17FOS/c16-13-9-5-6-10-15(13)18-11-14(17)12-7-3-1-2-4-8-12/h5-7,9-10H,1-4,8,11H2. The van der Waals surface area contributed by atoms with Crippen molar-refractivity contribution < 1.29 is 9.18 Å². The fraction of sp³-hybridized carbons (Fsp3) is 0.400. The number of halogens is 1. The number of carbonyl (C=O) groups is 1. The SMILES string of the molecule is O=C(CSc1ccccc1F)C1=CCCCCC1. The van der Waals surface area contributed by atoms with Gasteiger partial charge in [-0.15, -0.1) is 11.8 Å². The molecule has 18 heavy (non-hydrogen) atoms. The van der Waals surface area contributed by atoms with Gasteiger partial charge < -0.3 is 0 Å². The Morgan fingerprint density at radius 3 is 2.89 bits per heavy atom. The Hall–Kier alpha value is -1.09. The van der Waals surface area contributed by atoms with E-state index in [4.69, 9.17) is 0 Å². The van der Waals surface area contributed by atoms with Crippen molar-refractivity contribution in [1.29, 1.82) is 0 Å². The quantitative estimate of drug-likeness (QED) is 0.751. The van der Waals surface area contributed by atoms with Crippen LogP contribution in [-0.4, -0.2) is 11.5 Å². The molecule has 0 amide bonds. The molecule has 0 saturated heterocycles. The lowest BCUT2D eigenvalue weighted by Gasteiger charge is -2.05. The highest BCUT2D eigenvalue weighted by Gasteiger charge is 2.12. The molecule has 0 atom stereocenters.